The smallest absolute Gasteiger partial charge is 0.220 e. The van der Waals surface area contributed by atoms with E-state index in [0.717, 1.165) is 39.8 Å². The second kappa shape index (κ2) is 10.3. The molecule has 128 valence electrons. The molecule has 2 rings (SSSR count). The Bertz CT molecular complexity index is 646. The number of carbonyl (C=O) groups excluding carboxylic acids is 1. The highest BCUT2D eigenvalue weighted by Gasteiger charge is 2.03. The lowest BCUT2D eigenvalue weighted by molar-refractivity contribution is -0.120. The van der Waals surface area contributed by atoms with Gasteiger partial charge in [0.15, 0.2) is 0 Å². The summed E-state index contributed by atoms with van der Waals surface area (Å²) in [4.78, 5) is 11.9. The zero-order chi connectivity index (χ0) is 17.2. The standard InChI is InChI=1S/C19H22ClNO2S/c1-23-17-9-6-15(7-10-17)8-11-19(22)21-12-13-24-14-16-4-2-3-5-18(16)20/h2-7,9-10H,8,11-14H2,1H3,(H,21,22). The zero-order valence-electron chi connectivity index (χ0n) is 13.8. The summed E-state index contributed by atoms with van der Waals surface area (Å²) < 4.78 is 5.12. The van der Waals surface area contributed by atoms with Gasteiger partial charge in [-0.3, -0.25) is 4.79 Å². The molecule has 0 fully saturated rings. The lowest BCUT2D eigenvalue weighted by atomic mass is 10.1. The molecule has 3 nitrogen and oxygen atoms in total. The number of hydrogen-bond donors (Lipinski definition) is 1. The molecule has 0 aliphatic carbocycles. The van der Waals surface area contributed by atoms with Crippen LogP contribution in [0.1, 0.15) is 17.5 Å². The van der Waals surface area contributed by atoms with E-state index in [1.54, 1.807) is 18.9 Å². The molecular weight excluding hydrogens is 342 g/mol. The van der Waals surface area contributed by atoms with Crippen molar-refractivity contribution < 1.29 is 9.53 Å². The molecule has 0 saturated carbocycles. The van der Waals surface area contributed by atoms with Crippen LogP contribution >= 0.6 is 23.4 Å². The van der Waals surface area contributed by atoms with Gasteiger partial charge in [0.25, 0.3) is 0 Å². The van der Waals surface area contributed by atoms with Crippen molar-refractivity contribution in [2.24, 2.45) is 0 Å². The molecule has 0 atom stereocenters. The summed E-state index contributed by atoms with van der Waals surface area (Å²) in [5, 5.41) is 3.76. The minimum absolute atomic E-state index is 0.0872. The first-order chi connectivity index (χ1) is 11.7. The van der Waals surface area contributed by atoms with Crippen molar-refractivity contribution in [1.82, 2.24) is 5.32 Å². The Morgan fingerprint density at radius 3 is 2.62 bits per heavy atom. The molecule has 5 heteroatoms. The Morgan fingerprint density at radius 2 is 1.92 bits per heavy atom. The molecule has 0 saturated heterocycles. The van der Waals surface area contributed by atoms with Crippen molar-refractivity contribution in [2.45, 2.75) is 18.6 Å². The number of ether oxygens (including phenoxy) is 1. The summed E-state index contributed by atoms with van der Waals surface area (Å²) >= 11 is 7.88. The van der Waals surface area contributed by atoms with Gasteiger partial charge in [-0.25, -0.2) is 0 Å². The van der Waals surface area contributed by atoms with Crippen LogP contribution in [0.2, 0.25) is 5.02 Å². The second-order valence-electron chi connectivity index (χ2n) is 5.34. The van der Waals surface area contributed by atoms with Crippen LogP contribution in [0.4, 0.5) is 0 Å². The van der Waals surface area contributed by atoms with E-state index in [4.69, 9.17) is 16.3 Å². The SMILES string of the molecule is COc1ccc(CCC(=O)NCCSCc2ccccc2Cl)cc1. The molecule has 0 aliphatic heterocycles. The van der Waals surface area contributed by atoms with Crippen LogP contribution in [-0.4, -0.2) is 25.3 Å². The zero-order valence-corrected chi connectivity index (χ0v) is 15.3. The van der Waals surface area contributed by atoms with Crippen LogP contribution in [0.3, 0.4) is 0 Å². The third-order valence-corrected chi connectivity index (χ3v) is 4.96. The van der Waals surface area contributed by atoms with Gasteiger partial charge in [-0.05, 0) is 35.7 Å². The Hall–Kier alpha value is -1.65. The highest BCUT2D eigenvalue weighted by molar-refractivity contribution is 7.98. The van der Waals surface area contributed by atoms with Crippen molar-refractivity contribution >= 4 is 29.3 Å². The molecule has 2 aromatic rings. The number of carbonyl (C=O) groups is 1. The Balaban J connectivity index is 1.58. The van der Waals surface area contributed by atoms with Gasteiger partial charge in [0.05, 0.1) is 7.11 Å². The monoisotopic (exact) mass is 363 g/mol. The quantitative estimate of drug-likeness (QED) is 0.674. The molecule has 1 N–H and O–H groups in total. The number of hydrogen-bond acceptors (Lipinski definition) is 3. The van der Waals surface area contributed by atoms with Gasteiger partial charge in [0, 0.05) is 29.5 Å². The molecule has 0 radical (unpaired) electrons. The van der Waals surface area contributed by atoms with E-state index >= 15 is 0 Å². The highest BCUT2D eigenvalue weighted by atomic mass is 35.5. The summed E-state index contributed by atoms with van der Waals surface area (Å²) in [6.45, 7) is 0.677. The van der Waals surface area contributed by atoms with Gasteiger partial charge in [-0.1, -0.05) is 41.9 Å². The molecule has 0 spiro atoms. The van der Waals surface area contributed by atoms with Gasteiger partial charge in [0.1, 0.15) is 5.75 Å². The fourth-order valence-electron chi connectivity index (χ4n) is 2.20. The van der Waals surface area contributed by atoms with Crippen LogP contribution in [0.15, 0.2) is 48.5 Å². The lowest BCUT2D eigenvalue weighted by Gasteiger charge is -2.07. The topological polar surface area (TPSA) is 38.3 Å². The molecule has 0 aliphatic rings. The Kier molecular flexibility index (Phi) is 7.99. The van der Waals surface area contributed by atoms with E-state index in [9.17, 15) is 4.79 Å². The van der Waals surface area contributed by atoms with Crippen molar-refractivity contribution in [2.75, 3.05) is 19.4 Å². The summed E-state index contributed by atoms with van der Waals surface area (Å²) in [5.74, 6) is 2.66. The first-order valence-electron chi connectivity index (χ1n) is 7.90. The van der Waals surface area contributed by atoms with Crippen molar-refractivity contribution in [3.8, 4) is 5.75 Å². The first kappa shape index (κ1) is 18.7. The van der Waals surface area contributed by atoms with E-state index in [1.165, 1.54) is 0 Å². The van der Waals surface area contributed by atoms with Gasteiger partial charge >= 0.3 is 0 Å². The maximum absolute atomic E-state index is 11.9. The number of benzene rings is 2. The predicted molar refractivity (Wildman–Crippen MR) is 102 cm³/mol. The van der Waals surface area contributed by atoms with E-state index in [2.05, 4.69) is 5.32 Å². The minimum Gasteiger partial charge on any atom is -0.497 e. The molecule has 24 heavy (non-hydrogen) atoms. The lowest BCUT2D eigenvalue weighted by Crippen LogP contribution is -2.25. The predicted octanol–water partition coefficient (Wildman–Crippen LogP) is 4.33. The van der Waals surface area contributed by atoms with Crippen LogP contribution in [0.25, 0.3) is 0 Å². The second-order valence-corrected chi connectivity index (χ2v) is 6.85. The molecule has 0 unspecified atom stereocenters. The maximum Gasteiger partial charge on any atom is 0.220 e. The molecule has 1 amide bonds. The number of thioether (sulfide) groups is 1. The Labute approximate surface area is 152 Å². The van der Waals surface area contributed by atoms with Crippen LogP contribution < -0.4 is 10.1 Å². The van der Waals surface area contributed by atoms with Gasteiger partial charge in [-0.2, -0.15) is 11.8 Å². The average molecular weight is 364 g/mol. The van der Waals surface area contributed by atoms with Gasteiger partial charge < -0.3 is 10.1 Å². The molecule has 0 bridgehead atoms. The van der Waals surface area contributed by atoms with E-state index in [0.29, 0.717) is 13.0 Å². The van der Waals surface area contributed by atoms with Gasteiger partial charge in [0.2, 0.25) is 5.91 Å². The first-order valence-corrected chi connectivity index (χ1v) is 9.43. The number of halogens is 1. The van der Waals surface area contributed by atoms with E-state index in [-0.39, 0.29) is 5.91 Å². The molecule has 0 heterocycles. The number of amides is 1. The maximum atomic E-state index is 11.9. The van der Waals surface area contributed by atoms with E-state index < -0.39 is 0 Å². The number of methoxy groups -OCH3 is 1. The molecule has 2 aromatic carbocycles. The highest BCUT2D eigenvalue weighted by Crippen LogP contribution is 2.20. The van der Waals surface area contributed by atoms with Crippen LogP contribution in [0.5, 0.6) is 5.75 Å². The summed E-state index contributed by atoms with van der Waals surface area (Å²) in [7, 11) is 1.65. The minimum atomic E-state index is 0.0872. The Morgan fingerprint density at radius 1 is 1.17 bits per heavy atom. The average Bonchev–Trinajstić information content (AvgIpc) is 2.61. The van der Waals surface area contributed by atoms with Crippen LogP contribution in [0, 0.1) is 0 Å². The third-order valence-electron chi connectivity index (χ3n) is 3.58. The number of aryl methyl sites for hydroxylation is 1. The van der Waals surface area contributed by atoms with Gasteiger partial charge in [-0.15, -0.1) is 0 Å². The normalized spacial score (nSPS) is 10.4. The fourth-order valence-corrected chi connectivity index (χ4v) is 3.34. The van der Waals surface area contributed by atoms with Crippen molar-refractivity contribution in [3.63, 3.8) is 0 Å². The molecule has 0 aromatic heterocycles. The fraction of sp³-hybridized carbons (Fsp3) is 0.316. The summed E-state index contributed by atoms with van der Waals surface area (Å²) in [6, 6.07) is 15.7. The summed E-state index contributed by atoms with van der Waals surface area (Å²) in [6.07, 6.45) is 1.24. The third kappa shape index (κ3) is 6.46. The summed E-state index contributed by atoms with van der Waals surface area (Å²) in [5.41, 5.74) is 2.27. The number of nitrogens with one attached hydrogen (secondary N) is 1. The number of rotatable bonds is 9. The van der Waals surface area contributed by atoms with Crippen molar-refractivity contribution in [3.05, 3.63) is 64.7 Å². The molecular formula is C19H22ClNO2S. The van der Waals surface area contributed by atoms with E-state index in [1.807, 2.05) is 48.5 Å². The van der Waals surface area contributed by atoms with Crippen molar-refractivity contribution in [1.29, 1.82) is 0 Å². The van der Waals surface area contributed by atoms with Crippen LogP contribution in [-0.2, 0) is 17.0 Å². The largest absolute Gasteiger partial charge is 0.497 e.